The van der Waals surface area contributed by atoms with E-state index in [0.29, 0.717) is 5.56 Å². The van der Waals surface area contributed by atoms with Gasteiger partial charge in [0, 0.05) is 36.3 Å². The number of benzene rings is 1. The number of hydrogen-bond donors (Lipinski definition) is 2. The summed E-state index contributed by atoms with van der Waals surface area (Å²) in [5, 5.41) is 6.29. The summed E-state index contributed by atoms with van der Waals surface area (Å²) in [4.78, 5) is 26.4. The molecule has 2 amide bonds. The summed E-state index contributed by atoms with van der Waals surface area (Å²) < 4.78 is 0. The van der Waals surface area contributed by atoms with E-state index in [-0.39, 0.29) is 23.9 Å². The molecule has 0 aliphatic carbocycles. The Labute approximate surface area is 134 Å². The zero-order valence-corrected chi connectivity index (χ0v) is 13.3. The molecule has 2 fully saturated rings. The van der Waals surface area contributed by atoms with Gasteiger partial charge in [-0.2, -0.15) is 0 Å². The molecule has 118 valence electrons. The van der Waals surface area contributed by atoms with Crippen molar-refractivity contribution >= 4 is 23.6 Å². The van der Waals surface area contributed by atoms with Gasteiger partial charge in [-0.1, -0.05) is 18.2 Å². The van der Waals surface area contributed by atoms with Crippen molar-refractivity contribution in [1.82, 2.24) is 15.5 Å². The maximum absolute atomic E-state index is 12.3. The summed E-state index contributed by atoms with van der Waals surface area (Å²) in [5.41, 5.74) is 0.688. The number of hydrogen-bond acceptors (Lipinski definition) is 4. The van der Waals surface area contributed by atoms with Gasteiger partial charge < -0.3 is 10.2 Å². The highest BCUT2D eigenvalue weighted by Crippen LogP contribution is 2.16. The van der Waals surface area contributed by atoms with Crippen LogP contribution >= 0.6 is 11.8 Å². The second-order valence-electron chi connectivity index (χ2n) is 5.71. The monoisotopic (exact) mass is 319 g/mol. The van der Waals surface area contributed by atoms with Crippen LogP contribution in [-0.4, -0.2) is 53.5 Å². The minimum atomic E-state index is -0.0285. The van der Waals surface area contributed by atoms with Crippen molar-refractivity contribution in [2.24, 2.45) is 0 Å². The molecule has 0 spiro atoms. The predicted molar refractivity (Wildman–Crippen MR) is 87.8 cm³/mol. The average Bonchev–Trinajstić information content (AvgIpc) is 3.10. The number of thioether (sulfide) groups is 1. The van der Waals surface area contributed by atoms with Crippen LogP contribution < -0.4 is 10.6 Å². The van der Waals surface area contributed by atoms with Crippen LogP contribution in [0.5, 0.6) is 0 Å². The number of likely N-dealkylation sites (tertiary alicyclic amines) is 1. The van der Waals surface area contributed by atoms with Gasteiger partial charge in [0.05, 0.1) is 6.04 Å². The highest BCUT2D eigenvalue weighted by molar-refractivity contribution is 7.99. The van der Waals surface area contributed by atoms with Crippen LogP contribution in [0.3, 0.4) is 0 Å². The number of amides is 2. The molecule has 0 saturated carbocycles. The molecule has 2 aliphatic heterocycles. The minimum Gasteiger partial charge on any atom is -0.349 e. The van der Waals surface area contributed by atoms with Crippen LogP contribution in [0.4, 0.5) is 0 Å². The summed E-state index contributed by atoms with van der Waals surface area (Å²) in [6.07, 6.45) is 1.65. The standard InChI is InChI=1S/C16H21N3O2S/c20-15(12-4-2-1-3-5-12)18-13-6-8-19(9-7-13)16(21)14-10-22-11-17-14/h1-5,13-14,17H,6-11H2,(H,18,20). The number of nitrogens with one attached hydrogen (secondary N) is 2. The lowest BCUT2D eigenvalue weighted by molar-refractivity contribution is -0.133. The summed E-state index contributed by atoms with van der Waals surface area (Å²) in [6, 6.07) is 9.39. The van der Waals surface area contributed by atoms with Crippen LogP contribution in [-0.2, 0) is 4.79 Å². The normalized spacial score (nSPS) is 22.5. The lowest BCUT2D eigenvalue weighted by Crippen LogP contribution is -2.51. The molecule has 22 heavy (non-hydrogen) atoms. The Morgan fingerprint density at radius 3 is 2.55 bits per heavy atom. The molecule has 2 N–H and O–H groups in total. The zero-order valence-electron chi connectivity index (χ0n) is 12.5. The van der Waals surface area contributed by atoms with Crippen molar-refractivity contribution in [1.29, 1.82) is 0 Å². The third kappa shape index (κ3) is 3.62. The van der Waals surface area contributed by atoms with E-state index >= 15 is 0 Å². The Hall–Kier alpha value is -1.53. The SMILES string of the molecule is O=C(NC1CCN(C(=O)C2CSCN2)CC1)c1ccccc1. The number of carbonyl (C=O) groups is 2. The quantitative estimate of drug-likeness (QED) is 0.875. The Bertz CT molecular complexity index is 523. The third-order valence-corrected chi connectivity index (χ3v) is 5.13. The molecular formula is C16H21N3O2S. The minimum absolute atomic E-state index is 0.0274. The smallest absolute Gasteiger partial charge is 0.251 e. The highest BCUT2D eigenvalue weighted by atomic mass is 32.2. The Balaban J connectivity index is 1.47. The van der Waals surface area contributed by atoms with Crippen LogP contribution in [0.25, 0.3) is 0 Å². The summed E-state index contributed by atoms with van der Waals surface area (Å²) in [5.74, 6) is 1.90. The van der Waals surface area contributed by atoms with Crippen molar-refractivity contribution in [2.75, 3.05) is 24.7 Å². The van der Waals surface area contributed by atoms with Gasteiger partial charge in [-0.25, -0.2) is 0 Å². The van der Waals surface area contributed by atoms with Gasteiger partial charge in [-0.15, -0.1) is 11.8 Å². The number of carbonyl (C=O) groups excluding carboxylic acids is 2. The second-order valence-corrected chi connectivity index (χ2v) is 6.74. The van der Waals surface area contributed by atoms with E-state index in [1.807, 2.05) is 35.2 Å². The van der Waals surface area contributed by atoms with Crippen LogP contribution in [0, 0.1) is 0 Å². The van der Waals surface area contributed by atoms with Gasteiger partial charge in [0.25, 0.3) is 5.91 Å². The van der Waals surface area contributed by atoms with E-state index in [1.165, 1.54) is 0 Å². The predicted octanol–water partition coefficient (Wildman–Crippen LogP) is 1.07. The fourth-order valence-corrected chi connectivity index (χ4v) is 3.81. The van der Waals surface area contributed by atoms with E-state index in [1.54, 1.807) is 11.8 Å². The number of nitrogens with zero attached hydrogens (tertiary/aromatic N) is 1. The maximum atomic E-state index is 12.3. The van der Waals surface area contributed by atoms with Crippen molar-refractivity contribution in [3.8, 4) is 0 Å². The topological polar surface area (TPSA) is 61.4 Å². The van der Waals surface area contributed by atoms with Crippen molar-refractivity contribution in [2.45, 2.75) is 24.9 Å². The highest BCUT2D eigenvalue weighted by Gasteiger charge is 2.30. The molecule has 3 rings (SSSR count). The van der Waals surface area contributed by atoms with Crippen molar-refractivity contribution in [3.63, 3.8) is 0 Å². The Morgan fingerprint density at radius 1 is 1.18 bits per heavy atom. The van der Waals surface area contributed by atoms with E-state index in [9.17, 15) is 9.59 Å². The fraction of sp³-hybridized carbons (Fsp3) is 0.500. The van der Waals surface area contributed by atoms with Gasteiger partial charge in [-0.3, -0.25) is 14.9 Å². The third-order valence-electron chi connectivity index (χ3n) is 4.19. The first kappa shape index (κ1) is 15.4. The molecule has 2 heterocycles. The Morgan fingerprint density at radius 2 is 1.91 bits per heavy atom. The molecule has 1 atom stereocenters. The lowest BCUT2D eigenvalue weighted by Gasteiger charge is -2.33. The zero-order chi connectivity index (χ0) is 15.4. The van der Waals surface area contributed by atoms with Gasteiger partial charge in [0.15, 0.2) is 0 Å². The fourth-order valence-electron chi connectivity index (χ4n) is 2.88. The van der Waals surface area contributed by atoms with Gasteiger partial charge in [0.1, 0.15) is 0 Å². The molecule has 2 aliphatic rings. The van der Waals surface area contributed by atoms with E-state index in [4.69, 9.17) is 0 Å². The first-order chi connectivity index (χ1) is 10.7. The average molecular weight is 319 g/mol. The lowest BCUT2D eigenvalue weighted by atomic mass is 10.0. The number of rotatable bonds is 3. The van der Waals surface area contributed by atoms with E-state index < -0.39 is 0 Å². The number of piperidine rings is 1. The molecule has 1 aromatic carbocycles. The van der Waals surface area contributed by atoms with Crippen LogP contribution in [0.15, 0.2) is 30.3 Å². The van der Waals surface area contributed by atoms with Gasteiger partial charge in [0.2, 0.25) is 5.91 Å². The van der Waals surface area contributed by atoms with E-state index in [2.05, 4.69) is 10.6 Å². The first-order valence-electron chi connectivity index (χ1n) is 7.70. The molecular weight excluding hydrogens is 298 g/mol. The molecule has 0 aromatic heterocycles. The molecule has 2 saturated heterocycles. The van der Waals surface area contributed by atoms with Crippen molar-refractivity contribution in [3.05, 3.63) is 35.9 Å². The molecule has 6 heteroatoms. The first-order valence-corrected chi connectivity index (χ1v) is 8.85. The molecule has 0 bridgehead atoms. The van der Waals surface area contributed by atoms with Crippen molar-refractivity contribution < 1.29 is 9.59 Å². The van der Waals surface area contributed by atoms with Crippen LogP contribution in [0.2, 0.25) is 0 Å². The van der Waals surface area contributed by atoms with Crippen LogP contribution in [0.1, 0.15) is 23.2 Å². The summed E-state index contributed by atoms with van der Waals surface area (Å²) >= 11 is 1.77. The van der Waals surface area contributed by atoms with Gasteiger partial charge in [-0.05, 0) is 25.0 Å². The Kier molecular flexibility index (Phi) is 5.00. The van der Waals surface area contributed by atoms with E-state index in [0.717, 1.165) is 37.6 Å². The molecule has 5 nitrogen and oxygen atoms in total. The maximum Gasteiger partial charge on any atom is 0.251 e. The largest absolute Gasteiger partial charge is 0.349 e. The molecule has 1 unspecified atom stereocenters. The summed E-state index contributed by atoms with van der Waals surface area (Å²) in [7, 11) is 0. The molecule has 0 radical (unpaired) electrons. The summed E-state index contributed by atoms with van der Waals surface area (Å²) in [6.45, 7) is 1.45. The van der Waals surface area contributed by atoms with Gasteiger partial charge >= 0.3 is 0 Å². The molecule has 1 aromatic rings. The second kappa shape index (κ2) is 7.15.